The van der Waals surface area contributed by atoms with Gasteiger partial charge >= 0.3 is 0 Å². The molecular formula is C29H28N2O2. The summed E-state index contributed by atoms with van der Waals surface area (Å²) in [5, 5.41) is 4.99. The number of nitrogens with zero attached hydrogens (tertiary/aromatic N) is 1. The smallest absolute Gasteiger partial charge is 0.259 e. The molecule has 4 aliphatic carbocycles. The molecule has 0 unspecified atom stereocenters. The van der Waals surface area contributed by atoms with E-state index < -0.39 is 0 Å². The van der Waals surface area contributed by atoms with Gasteiger partial charge in [-0.05, 0) is 96.9 Å². The molecule has 1 heterocycles. The molecule has 4 saturated carbocycles. The zero-order chi connectivity index (χ0) is 22.2. The maximum absolute atomic E-state index is 13.0. The quantitative estimate of drug-likeness (QED) is 0.553. The third-order valence-electron chi connectivity index (χ3n) is 8.77. The molecule has 0 atom stereocenters. The monoisotopic (exact) mass is 436 g/mol. The van der Waals surface area contributed by atoms with Gasteiger partial charge in [0.25, 0.3) is 5.91 Å². The summed E-state index contributed by atoms with van der Waals surface area (Å²) < 4.78 is 0. The summed E-state index contributed by atoms with van der Waals surface area (Å²) in [4.78, 5) is 27.4. The van der Waals surface area contributed by atoms with Crippen LogP contribution in [0, 0.1) is 17.8 Å². The summed E-state index contributed by atoms with van der Waals surface area (Å²) in [6.45, 7) is 0.0172. The van der Waals surface area contributed by atoms with Crippen LogP contribution in [0.1, 0.15) is 54.4 Å². The molecule has 4 heteroatoms. The second kappa shape index (κ2) is 6.93. The van der Waals surface area contributed by atoms with Gasteiger partial charge in [0.2, 0.25) is 5.91 Å². The number of rotatable bonds is 4. The van der Waals surface area contributed by atoms with Crippen LogP contribution in [0.25, 0.3) is 10.8 Å². The maximum atomic E-state index is 13.0. The van der Waals surface area contributed by atoms with Crippen LogP contribution in [0.15, 0.2) is 60.7 Å². The normalized spacial score (nSPS) is 29.2. The average Bonchev–Trinajstić information content (AvgIpc) is 3.07. The zero-order valence-corrected chi connectivity index (χ0v) is 18.7. The maximum Gasteiger partial charge on any atom is 0.259 e. The molecule has 0 radical (unpaired) electrons. The Morgan fingerprint density at radius 2 is 1.52 bits per heavy atom. The number of amides is 2. The minimum absolute atomic E-state index is 0.0172. The summed E-state index contributed by atoms with van der Waals surface area (Å²) in [6, 6.07) is 20.2. The predicted molar refractivity (Wildman–Crippen MR) is 131 cm³/mol. The predicted octanol–water partition coefficient (Wildman–Crippen LogP) is 5.91. The van der Waals surface area contributed by atoms with Crippen molar-refractivity contribution in [2.75, 3.05) is 16.8 Å². The number of carbonyl (C=O) groups excluding carboxylic acids is 2. The molecule has 4 nitrogen and oxygen atoms in total. The van der Waals surface area contributed by atoms with Crippen molar-refractivity contribution in [3.63, 3.8) is 0 Å². The minimum Gasteiger partial charge on any atom is -0.325 e. The number of hydrogen-bond acceptors (Lipinski definition) is 2. The summed E-state index contributed by atoms with van der Waals surface area (Å²) >= 11 is 0. The SMILES string of the molecule is O=C(CN1C(=O)c2cccc3cccc1c23)Nc1ccc(C23CC4CC(CC(C4)C2)C3)cc1. The number of hydrogen-bond donors (Lipinski definition) is 1. The number of benzene rings is 3. The Kier molecular flexibility index (Phi) is 4.06. The van der Waals surface area contributed by atoms with E-state index in [1.165, 1.54) is 44.1 Å². The Morgan fingerprint density at radius 3 is 2.18 bits per heavy atom. The highest BCUT2D eigenvalue weighted by Gasteiger charge is 2.51. The van der Waals surface area contributed by atoms with E-state index in [0.29, 0.717) is 11.0 Å². The molecule has 2 amide bonds. The fourth-order valence-electron chi connectivity index (χ4n) is 7.85. The molecule has 5 aliphatic rings. The topological polar surface area (TPSA) is 49.4 Å². The Hall–Kier alpha value is -3.14. The Labute approximate surface area is 194 Å². The number of nitrogens with one attached hydrogen (secondary N) is 1. The molecule has 1 aliphatic heterocycles. The lowest BCUT2D eigenvalue weighted by molar-refractivity contribution is -0.114. The van der Waals surface area contributed by atoms with Gasteiger partial charge in [-0.3, -0.25) is 14.5 Å². The van der Waals surface area contributed by atoms with E-state index in [2.05, 4.69) is 17.4 Å². The van der Waals surface area contributed by atoms with Crippen LogP contribution in [0.5, 0.6) is 0 Å². The largest absolute Gasteiger partial charge is 0.325 e. The fraction of sp³-hybridized carbons (Fsp3) is 0.379. The third kappa shape index (κ3) is 2.96. The van der Waals surface area contributed by atoms with E-state index in [4.69, 9.17) is 0 Å². The van der Waals surface area contributed by atoms with E-state index in [1.54, 1.807) is 4.90 Å². The highest BCUT2D eigenvalue weighted by Crippen LogP contribution is 2.60. The van der Waals surface area contributed by atoms with Crippen molar-refractivity contribution in [3.8, 4) is 0 Å². The van der Waals surface area contributed by atoms with Gasteiger partial charge in [-0.2, -0.15) is 0 Å². The Morgan fingerprint density at radius 1 is 0.879 bits per heavy atom. The van der Waals surface area contributed by atoms with Crippen molar-refractivity contribution < 1.29 is 9.59 Å². The van der Waals surface area contributed by atoms with Gasteiger partial charge in [-0.25, -0.2) is 0 Å². The van der Waals surface area contributed by atoms with Crippen molar-refractivity contribution in [3.05, 3.63) is 71.8 Å². The molecule has 4 fully saturated rings. The van der Waals surface area contributed by atoms with Gasteiger partial charge in [0.05, 0.1) is 5.69 Å². The van der Waals surface area contributed by atoms with Gasteiger partial charge in [0.1, 0.15) is 6.54 Å². The summed E-state index contributed by atoms with van der Waals surface area (Å²) in [5.41, 5.74) is 4.12. The second-order valence-corrected chi connectivity index (χ2v) is 10.9. The highest BCUT2D eigenvalue weighted by atomic mass is 16.2. The number of carbonyl (C=O) groups is 2. The molecule has 3 aromatic carbocycles. The molecule has 166 valence electrons. The van der Waals surface area contributed by atoms with Crippen LogP contribution in [-0.2, 0) is 10.2 Å². The van der Waals surface area contributed by atoms with Crippen LogP contribution >= 0.6 is 0 Å². The van der Waals surface area contributed by atoms with Crippen molar-refractivity contribution in [1.82, 2.24) is 0 Å². The van der Waals surface area contributed by atoms with Crippen molar-refractivity contribution in [2.24, 2.45) is 17.8 Å². The molecule has 33 heavy (non-hydrogen) atoms. The highest BCUT2D eigenvalue weighted by molar-refractivity contribution is 6.26. The zero-order valence-electron chi connectivity index (χ0n) is 18.7. The van der Waals surface area contributed by atoms with Crippen molar-refractivity contribution in [2.45, 2.75) is 43.9 Å². The van der Waals surface area contributed by atoms with Gasteiger partial charge in [-0.15, -0.1) is 0 Å². The summed E-state index contributed by atoms with van der Waals surface area (Å²) in [6.07, 6.45) is 8.36. The van der Waals surface area contributed by atoms with Crippen LogP contribution in [0.4, 0.5) is 11.4 Å². The van der Waals surface area contributed by atoms with Crippen LogP contribution in [0.3, 0.4) is 0 Å². The first kappa shape index (κ1) is 19.3. The van der Waals surface area contributed by atoms with E-state index >= 15 is 0 Å². The van der Waals surface area contributed by atoms with Crippen LogP contribution in [-0.4, -0.2) is 18.4 Å². The molecule has 3 aromatic rings. The van der Waals surface area contributed by atoms with E-state index in [-0.39, 0.29) is 18.4 Å². The Bertz CT molecular complexity index is 1250. The standard InChI is InChI=1S/C29H28N2O2/c32-26(17-31-25-6-2-4-21-3-1-5-24(27(21)25)28(31)33)30-23-9-7-22(8-10-23)29-14-18-11-19(15-29)13-20(12-18)16-29/h1-10,18-20H,11-17H2,(H,30,32). The summed E-state index contributed by atoms with van der Waals surface area (Å²) in [5.74, 6) is 2.48. The van der Waals surface area contributed by atoms with Gasteiger partial charge < -0.3 is 5.32 Å². The molecular weight excluding hydrogens is 408 g/mol. The second-order valence-electron chi connectivity index (χ2n) is 10.9. The molecule has 0 saturated heterocycles. The van der Waals surface area contributed by atoms with Crippen molar-refractivity contribution >= 4 is 34.0 Å². The van der Waals surface area contributed by atoms with Crippen molar-refractivity contribution in [1.29, 1.82) is 0 Å². The van der Waals surface area contributed by atoms with E-state index in [0.717, 1.165) is 39.9 Å². The van der Waals surface area contributed by atoms with Gasteiger partial charge in [0, 0.05) is 16.6 Å². The molecule has 1 N–H and O–H groups in total. The van der Waals surface area contributed by atoms with Crippen LogP contribution < -0.4 is 10.2 Å². The van der Waals surface area contributed by atoms with Gasteiger partial charge in [-0.1, -0.05) is 36.4 Å². The first-order valence-electron chi connectivity index (χ1n) is 12.3. The number of anilines is 2. The van der Waals surface area contributed by atoms with E-state index in [9.17, 15) is 9.59 Å². The average molecular weight is 437 g/mol. The fourth-order valence-corrected chi connectivity index (χ4v) is 7.85. The van der Waals surface area contributed by atoms with Crippen LogP contribution in [0.2, 0.25) is 0 Å². The lowest BCUT2D eigenvalue weighted by Crippen LogP contribution is -2.48. The lowest BCUT2D eigenvalue weighted by Gasteiger charge is -2.57. The summed E-state index contributed by atoms with van der Waals surface area (Å²) in [7, 11) is 0. The Balaban J connectivity index is 1.08. The van der Waals surface area contributed by atoms with Gasteiger partial charge in [0.15, 0.2) is 0 Å². The first-order valence-corrected chi connectivity index (χ1v) is 12.3. The first-order chi connectivity index (χ1) is 16.1. The minimum atomic E-state index is -0.171. The molecule has 8 rings (SSSR count). The molecule has 0 aromatic heterocycles. The molecule has 0 spiro atoms. The lowest BCUT2D eigenvalue weighted by atomic mass is 9.48. The van der Waals surface area contributed by atoms with E-state index in [1.807, 2.05) is 48.5 Å². The molecule has 4 bridgehead atoms. The third-order valence-corrected chi connectivity index (χ3v) is 8.77.